The molecule has 1 saturated heterocycles. The first kappa shape index (κ1) is 18.7. The van der Waals surface area contributed by atoms with Crippen LogP contribution in [0.2, 0.25) is 0 Å². The molecular formula is C22H21FN4O3. The van der Waals surface area contributed by atoms with E-state index in [2.05, 4.69) is 20.5 Å². The lowest BCUT2D eigenvalue weighted by molar-refractivity contribution is 0.101. The Labute approximate surface area is 172 Å². The van der Waals surface area contributed by atoms with Crippen molar-refractivity contribution in [2.75, 3.05) is 20.2 Å². The van der Waals surface area contributed by atoms with Gasteiger partial charge in [0.1, 0.15) is 17.7 Å². The van der Waals surface area contributed by atoms with Crippen molar-refractivity contribution in [2.45, 2.75) is 19.0 Å². The topological polar surface area (TPSA) is 89.1 Å². The monoisotopic (exact) mass is 408 g/mol. The lowest BCUT2D eigenvalue weighted by Crippen LogP contribution is -2.38. The Kier molecular flexibility index (Phi) is 4.71. The first-order chi connectivity index (χ1) is 14.7. The van der Waals surface area contributed by atoms with Gasteiger partial charge in [-0.15, -0.1) is 0 Å². The number of allylic oxidation sites excluding steroid dienone is 1. The summed E-state index contributed by atoms with van der Waals surface area (Å²) < 4.78 is 26.0. The molecule has 1 aromatic carbocycles. The number of ketones is 1. The van der Waals surface area contributed by atoms with Crippen LogP contribution in [0.3, 0.4) is 0 Å². The largest absolute Gasteiger partial charge is 0.496 e. The fraction of sp³-hybridized carbons (Fsp3) is 0.318. The van der Waals surface area contributed by atoms with Crippen LogP contribution in [0.1, 0.15) is 28.0 Å². The summed E-state index contributed by atoms with van der Waals surface area (Å²) in [6.45, 7) is 1.11. The van der Waals surface area contributed by atoms with Gasteiger partial charge >= 0.3 is 0 Å². The number of nitrogens with zero attached hydrogens (tertiary/aromatic N) is 2. The van der Waals surface area contributed by atoms with Crippen molar-refractivity contribution in [3.63, 3.8) is 0 Å². The highest BCUT2D eigenvalue weighted by atomic mass is 19.1. The third-order valence-corrected chi connectivity index (χ3v) is 5.76. The van der Waals surface area contributed by atoms with E-state index >= 15 is 0 Å². The number of ether oxygens (including phenoxy) is 2. The van der Waals surface area contributed by atoms with Crippen molar-refractivity contribution in [3.05, 3.63) is 53.0 Å². The number of aromatic amines is 1. The molecule has 2 N–H and O–H groups in total. The molecular weight excluding hydrogens is 387 g/mol. The SMILES string of the molecule is COc1ccc2c(c1CC1CCNCC1F)O/C(=C\c1n[nH]c3ncccc13)C2=O. The lowest BCUT2D eigenvalue weighted by Gasteiger charge is -2.27. The van der Waals surface area contributed by atoms with Crippen LogP contribution in [0.25, 0.3) is 17.1 Å². The molecule has 0 amide bonds. The number of piperidine rings is 1. The number of rotatable bonds is 4. The van der Waals surface area contributed by atoms with Gasteiger partial charge in [-0.3, -0.25) is 9.89 Å². The second-order valence-electron chi connectivity index (χ2n) is 7.54. The van der Waals surface area contributed by atoms with Crippen LogP contribution >= 0.6 is 0 Å². The molecule has 0 radical (unpaired) electrons. The Morgan fingerprint density at radius 1 is 1.37 bits per heavy atom. The van der Waals surface area contributed by atoms with Gasteiger partial charge in [0.25, 0.3) is 0 Å². The van der Waals surface area contributed by atoms with E-state index in [0.29, 0.717) is 41.4 Å². The molecule has 0 bridgehead atoms. The second-order valence-corrected chi connectivity index (χ2v) is 7.54. The minimum absolute atomic E-state index is 0.153. The molecule has 3 aromatic rings. The van der Waals surface area contributed by atoms with Crippen LogP contribution in [0.4, 0.5) is 4.39 Å². The molecule has 7 nitrogen and oxygen atoms in total. The zero-order chi connectivity index (χ0) is 20.7. The fourth-order valence-electron chi connectivity index (χ4n) is 4.15. The maximum absolute atomic E-state index is 14.4. The van der Waals surface area contributed by atoms with E-state index in [1.807, 2.05) is 6.07 Å². The second kappa shape index (κ2) is 7.53. The van der Waals surface area contributed by atoms with Gasteiger partial charge in [0.05, 0.1) is 18.4 Å². The highest BCUT2D eigenvalue weighted by Crippen LogP contribution is 2.42. The van der Waals surface area contributed by atoms with Gasteiger partial charge in [-0.1, -0.05) is 0 Å². The number of hydrogen-bond acceptors (Lipinski definition) is 6. The number of fused-ring (bicyclic) bond motifs is 2. The summed E-state index contributed by atoms with van der Waals surface area (Å²) in [5, 5.41) is 11.0. The molecule has 2 aromatic heterocycles. The lowest BCUT2D eigenvalue weighted by atomic mass is 9.88. The van der Waals surface area contributed by atoms with Crippen LogP contribution in [0.15, 0.2) is 36.2 Å². The van der Waals surface area contributed by atoms with Crippen molar-refractivity contribution in [2.24, 2.45) is 5.92 Å². The quantitative estimate of drug-likeness (QED) is 0.645. The van der Waals surface area contributed by atoms with Crippen LogP contribution < -0.4 is 14.8 Å². The molecule has 30 heavy (non-hydrogen) atoms. The standard InChI is InChI=1S/C22H21FN4O3/c1-29-18-5-4-14-20(28)19(10-17-13-3-2-7-25-22(13)27-26-17)30-21(14)15(18)9-12-6-8-24-11-16(12)23/h2-5,7,10,12,16,24H,6,8-9,11H2,1H3,(H,25,26,27)/b19-10-. The van der Waals surface area contributed by atoms with Crippen molar-refractivity contribution in [1.29, 1.82) is 0 Å². The van der Waals surface area contributed by atoms with E-state index in [9.17, 15) is 9.18 Å². The fourth-order valence-corrected chi connectivity index (χ4v) is 4.15. The molecule has 4 heterocycles. The van der Waals surface area contributed by atoms with Crippen molar-refractivity contribution < 1.29 is 18.7 Å². The number of hydrogen-bond donors (Lipinski definition) is 2. The number of methoxy groups -OCH3 is 1. The number of Topliss-reactive ketones (excluding diaryl/α,β-unsaturated/α-hetero) is 1. The first-order valence-corrected chi connectivity index (χ1v) is 9.93. The molecule has 8 heteroatoms. The third-order valence-electron chi connectivity index (χ3n) is 5.76. The number of benzene rings is 1. The minimum Gasteiger partial charge on any atom is -0.496 e. The highest BCUT2D eigenvalue weighted by Gasteiger charge is 2.34. The Morgan fingerprint density at radius 2 is 2.27 bits per heavy atom. The average molecular weight is 408 g/mol. The number of nitrogens with one attached hydrogen (secondary N) is 2. The number of H-pyrrole nitrogens is 1. The molecule has 0 saturated carbocycles. The number of halogens is 1. The molecule has 2 aliphatic heterocycles. The molecule has 0 aliphatic carbocycles. The Bertz CT molecular complexity index is 1160. The molecule has 2 unspecified atom stereocenters. The number of pyridine rings is 1. The first-order valence-electron chi connectivity index (χ1n) is 9.93. The number of alkyl halides is 1. The van der Waals surface area contributed by atoms with Gasteiger partial charge in [-0.2, -0.15) is 5.10 Å². The zero-order valence-electron chi connectivity index (χ0n) is 16.4. The van der Waals surface area contributed by atoms with E-state index in [1.54, 1.807) is 37.6 Å². The number of aromatic nitrogens is 3. The number of carbonyl (C=O) groups is 1. The summed E-state index contributed by atoms with van der Waals surface area (Å²) in [4.78, 5) is 17.2. The maximum Gasteiger partial charge on any atom is 0.232 e. The van der Waals surface area contributed by atoms with E-state index in [1.165, 1.54) is 0 Å². The van der Waals surface area contributed by atoms with Crippen molar-refractivity contribution in [3.8, 4) is 11.5 Å². The normalized spacial score (nSPS) is 22.3. The Hall–Kier alpha value is -3.26. The van der Waals surface area contributed by atoms with Gasteiger partial charge < -0.3 is 14.8 Å². The molecule has 2 atom stereocenters. The van der Waals surface area contributed by atoms with Gasteiger partial charge in [0, 0.05) is 29.8 Å². The van der Waals surface area contributed by atoms with Crippen LogP contribution in [0.5, 0.6) is 11.5 Å². The number of carbonyl (C=O) groups excluding carboxylic acids is 1. The van der Waals surface area contributed by atoms with E-state index < -0.39 is 6.17 Å². The molecule has 1 fully saturated rings. The summed E-state index contributed by atoms with van der Waals surface area (Å²) >= 11 is 0. The predicted octanol–water partition coefficient (Wildman–Crippen LogP) is 3.07. The predicted molar refractivity (Wildman–Crippen MR) is 109 cm³/mol. The Balaban J connectivity index is 1.52. The minimum atomic E-state index is -0.950. The van der Waals surface area contributed by atoms with E-state index in [4.69, 9.17) is 9.47 Å². The molecule has 2 aliphatic rings. The van der Waals surface area contributed by atoms with E-state index in [-0.39, 0.29) is 17.5 Å². The summed E-state index contributed by atoms with van der Waals surface area (Å²) in [6.07, 6.45) is 3.50. The van der Waals surface area contributed by atoms with Gasteiger partial charge in [0.2, 0.25) is 5.78 Å². The van der Waals surface area contributed by atoms with Gasteiger partial charge in [-0.05, 0) is 49.6 Å². The third kappa shape index (κ3) is 3.13. The average Bonchev–Trinajstić information content (AvgIpc) is 3.32. The Morgan fingerprint density at radius 3 is 3.10 bits per heavy atom. The molecule has 0 spiro atoms. The smallest absolute Gasteiger partial charge is 0.232 e. The van der Waals surface area contributed by atoms with Crippen LogP contribution in [-0.4, -0.2) is 47.3 Å². The highest BCUT2D eigenvalue weighted by molar-refractivity contribution is 6.15. The summed E-state index contributed by atoms with van der Waals surface area (Å²) in [7, 11) is 1.57. The maximum atomic E-state index is 14.4. The van der Waals surface area contributed by atoms with Gasteiger partial charge in [0.15, 0.2) is 11.4 Å². The summed E-state index contributed by atoms with van der Waals surface area (Å²) in [5.41, 5.74) is 2.40. The summed E-state index contributed by atoms with van der Waals surface area (Å²) in [5.74, 6) is 0.854. The van der Waals surface area contributed by atoms with Crippen LogP contribution in [0, 0.1) is 5.92 Å². The van der Waals surface area contributed by atoms with Gasteiger partial charge in [-0.25, -0.2) is 9.37 Å². The summed E-state index contributed by atoms with van der Waals surface area (Å²) in [6, 6.07) is 7.13. The molecule has 154 valence electrons. The van der Waals surface area contributed by atoms with Crippen LogP contribution in [-0.2, 0) is 6.42 Å². The molecule has 5 rings (SSSR count). The zero-order valence-corrected chi connectivity index (χ0v) is 16.4. The van der Waals surface area contributed by atoms with E-state index in [0.717, 1.165) is 23.9 Å². The van der Waals surface area contributed by atoms with Crippen molar-refractivity contribution in [1.82, 2.24) is 20.5 Å². The van der Waals surface area contributed by atoms with Crippen molar-refractivity contribution >= 4 is 22.9 Å².